The van der Waals surface area contributed by atoms with E-state index in [2.05, 4.69) is 15.6 Å². The summed E-state index contributed by atoms with van der Waals surface area (Å²) in [7, 11) is 3.79. The van der Waals surface area contributed by atoms with E-state index in [1.165, 1.54) is 0 Å². The third-order valence-electron chi connectivity index (χ3n) is 2.81. The summed E-state index contributed by atoms with van der Waals surface area (Å²) in [4.78, 5) is 0. The summed E-state index contributed by atoms with van der Waals surface area (Å²) in [6.45, 7) is 2.02. The average molecular weight is 220 g/mol. The van der Waals surface area contributed by atoms with Crippen LogP contribution >= 0.6 is 0 Å². The molecule has 0 aliphatic heterocycles. The van der Waals surface area contributed by atoms with Crippen LogP contribution in [-0.2, 0) is 14.1 Å². The fourth-order valence-corrected chi connectivity index (χ4v) is 1.75. The van der Waals surface area contributed by atoms with Crippen LogP contribution in [0, 0.1) is 6.92 Å². The number of rotatable bonds is 3. The summed E-state index contributed by atoms with van der Waals surface area (Å²) >= 11 is 0. The Morgan fingerprint density at radius 3 is 2.50 bits per heavy atom. The maximum Gasteiger partial charge on any atom is 0.0774 e. The van der Waals surface area contributed by atoms with Gasteiger partial charge in [-0.05, 0) is 6.92 Å². The lowest BCUT2D eigenvalue weighted by Gasteiger charge is -2.13. The van der Waals surface area contributed by atoms with E-state index in [4.69, 9.17) is 5.84 Å². The molecule has 0 aliphatic carbocycles. The third kappa shape index (κ3) is 1.72. The largest absolute Gasteiger partial charge is 0.275 e. The number of nitrogens with zero attached hydrogens (tertiary/aromatic N) is 4. The highest BCUT2D eigenvalue weighted by Gasteiger charge is 2.18. The Kier molecular flexibility index (Phi) is 2.76. The van der Waals surface area contributed by atoms with Crippen molar-refractivity contribution in [2.45, 2.75) is 13.0 Å². The quantitative estimate of drug-likeness (QED) is 0.564. The van der Waals surface area contributed by atoms with Crippen molar-refractivity contribution in [3.8, 4) is 0 Å². The first kappa shape index (κ1) is 10.8. The molecular weight excluding hydrogens is 204 g/mol. The van der Waals surface area contributed by atoms with Crippen molar-refractivity contribution in [1.82, 2.24) is 25.0 Å². The van der Waals surface area contributed by atoms with E-state index in [1.807, 2.05) is 38.1 Å². The summed E-state index contributed by atoms with van der Waals surface area (Å²) in [6.07, 6.45) is 5.57. The highest BCUT2D eigenvalue weighted by Crippen LogP contribution is 2.22. The molecule has 0 aliphatic rings. The van der Waals surface area contributed by atoms with Crippen molar-refractivity contribution in [2.24, 2.45) is 19.9 Å². The van der Waals surface area contributed by atoms with Crippen LogP contribution in [0.5, 0.6) is 0 Å². The van der Waals surface area contributed by atoms with Gasteiger partial charge in [-0.1, -0.05) is 0 Å². The maximum absolute atomic E-state index is 5.60. The molecule has 0 spiro atoms. The van der Waals surface area contributed by atoms with Gasteiger partial charge in [-0.2, -0.15) is 10.2 Å². The molecule has 0 saturated heterocycles. The molecule has 3 N–H and O–H groups in total. The van der Waals surface area contributed by atoms with Crippen LogP contribution in [0.25, 0.3) is 0 Å². The number of hydrogen-bond donors (Lipinski definition) is 2. The molecule has 1 atom stereocenters. The molecule has 86 valence electrons. The summed E-state index contributed by atoms with van der Waals surface area (Å²) in [5, 5.41) is 8.35. The molecular formula is C10H16N6. The molecule has 0 saturated carbocycles. The molecule has 0 fully saturated rings. The first-order chi connectivity index (χ1) is 7.63. The van der Waals surface area contributed by atoms with Gasteiger partial charge in [0.05, 0.1) is 18.4 Å². The van der Waals surface area contributed by atoms with E-state index in [-0.39, 0.29) is 6.04 Å². The number of nitrogens with one attached hydrogen (secondary N) is 1. The van der Waals surface area contributed by atoms with Crippen LogP contribution in [0.2, 0.25) is 0 Å². The molecule has 0 amide bonds. The van der Waals surface area contributed by atoms with Crippen molar-refractivity contribution in [2.75, 3.05) is 0 Å². The standard InChI is InChI=1S/C10H16N6/c1-7-9(5-13-16(7)3)10(14-11)8-4-12-15(2)6-8/h4-6,10,14H,11H2,1-3H3. The second kappa shape index (κ2) is 4.07. The molecule has 16 heavy (non-hydrogen) atoms. The monoisotopic (exact) mass is 220 g/mol. The second-order valence-electron chi connectivity index (χ2n) is 3.86. The lowest BCUT2D eigenvalue weighted by atomic mass is 10.0. The van der Waals surface area contributed by atoms with Gasteiger partial charge in [-0.15, -0.1) is 0 Å². The van der Waals surface area contributed by atoms with E-state index in [0.29, 0.717) is 0 Å². The Balaban J connectivity index is 2.40. The van der Waals surface area contributed by atoms with Gasteiger partial charge in [0.15, 0.2) is 0 Å². The lowest BCUT2D eigenvalue weighted by molar-refractivity contribution is 0.629. The Labute approximate surface area is 94.0 Å². The number of aromatic nitrogens is 4. The number of aryl methyl sites for hydroxylation is 2. The number of nitrogens with two attached hydrogens (primary N) is 1. The molecule has 6 heteroatoms. The number of hydrogen-bond acceptors (Lipinski definition) is 4. The van der Waals surface area contributed by atoms with Gasteiger partial charge < -0.3 is 0 Å². The maximum atomic E-state index is 5.60. The first-order valence-electron chi connectivity index (χ1n) is 5.06. The Bertz CT molecular complexity index is 483. The summed E-state index contributed by atoms with van der Waals surface area (Å²) in [6, 6.07) is -0.0672. The minimum Gasteiger partial charge on any atom is -0.275 e. The van der Waals surface area contributed by atoms with Crippen LogP contribution in [0.1, 0.15) is 22.9 Å². The number of hydrazine groups is 1. The van der Waals surface area contributed by atoms with Crippen LogP contribution in [0.3, 0.4) is 0 Å². The van der Waals surface area contributed by atoms with Crippen molar-refractivity contribution < 1.29 is 0 Å². The van der Waals surface area contributed by atoms with Crippen LogP contribution < -0.4 is 11.3 Å². The van der Waals surface area contributed by atoms with E-state index in [0.717, 1.165) is 16.8 Å². The van der Waals surface area contributed by atoms with E-state index < -0.39 is 0 Å². The zero-order valence-corrected chi connectivity index (χ0v) is 9.68. The predicted octanol–water partition coefficient (Wildman–Crippen LogP) is 0.0147. The van der Waals surface area contributed by atoms with E-state index >= 15 is 0 Å². The van der Waals surface area contributed by atoms with Gasteiger partial charge in [-0.25, -0.2) is 5.43 Å². The molecule has 2 aromatic heterocycles. The Morgan fingerprint density at radius 2 is 2.06 bits per heavy atom. The molecule has 2 heterocycles. The molecule has 0 aromatic carbocycles. The molecule has 2 rings (SSSR count). The van der Waals surface area contributed by atoms with Gasteiger partial charge in [0.1, 0.15) is 0 Å². The smallest absolute Gasteiger partial charge is 0.0774 e. The van der Waals surface area contributed by atoms with Crippen LogP contribution in [0.15, 0.2) is 18.6 Å². The van der Waals surface area contributed by atoms with Crippen molar-refractivity contribution in [3.63, 3.8) is 0 Å². The zero-order valence-electron chi connectivity index (χ0n) is 9.68. The first-order valence-corrected chi connectivity index (χ1v) is 5.06. The Hall–Kier alpha value is -1.66. The van der Waals surface area contributed by atoms with Gasteiger partial charge in [0.2, 0.25) is 0 Å². The molecule has 2 aromatic rings. The molecule has 1 unspecified atom stereocenters. The zero-order chi connectivity index (χ0) is 11.7. The van der Waals surface area contributed by atoms with Gasteiger partial charge >= 0.3 is 0 Å². The van der Waals surface area contributed by atoms with Crippen molar-refractivity contribution in [3.05, 3.63) is 35.4 Å². The fraction of sp³-hybridized carbons (Fsp3) is 0.400. The highest BCUT2D eigenvalue weighted by atomic mass is 15.3. The van der Waals surface area contributed by atoms with Gasteiger partial charge in [-0.3, -0.25) is 15.2 Å². The van der Waals surface area contributed by atoms with Crippen LogP contribution in [-0.4, -0.2) is 19.6 Å². The minimum atomic E-state index is -0.0672. The van der Waals surface area contributed by atoms with E-state index in [9.17, 15) is 0 Å². The van der Waals surface area contributed by atoms with Crippen molar-refractivity contribution in [1.29, 1.82) is 0 Å². The molecule has 0 bridgehead atoms. The van der Waals surface area contributed by atoms with Gasteiger partial charge in [0, 0.05) is 37.1 Å². The fourth-order valence-electron chi connectivity index (χ4n) is 1.75. The van der Waals surface area contributed by atoms with Crippen molar-refractivity contribution >= 4 is 0 Å². The molecule has 6 nitrogen and oxygen atoms in total. The van der Waals surface area contributed by atoms with E-state index in [1.54, 1.807) is 10.9 Å². The summed E-state index contributed by atoms with van der Waals surface area (Å²) in [5.41, 5.74) is 5.98. The Morgan fingerprint density at radius 1 is 1.31 bits per heavy atom. The average Bonchev–Trinajstić information content (AvgIpc) is 2.81. The topological polar surface area (TPSA) is 73.7 Å². The minimum absolute atomic E-state index is 0.0672. The third-order valence-corrected chi connectivity index (χ3v) is 2.81. The van der Waals surface area contributed by atoms with Gasteiger partial charge in [0.25, 0.3) is 0 Å². The summed E-state index contributed by atoms with van der Waals surface area (Å²) in [5.74, 6) is 5.60. The second-order valence-corrected chi connectivity index (χ2v) is 3.86. The predicted molar refractivity (Wildman–Crippen MR) is 60.3 cm³/mol. The molecule has 0 radical (unpaired) electrons. The lowest BCUT2D eigenvalue weighted by Crippen LogP contribution is -2.29. The summed E-state index contributed by atoms with van der Waals surface area (Å²) < 4.78 is 3.58. The normalized spacial score (nSPS) is 13.0. The SMILES string of the molecule is Cc1c(C(NN)c2cnn(C)c2)cnn1C. The highest BCUT2D eigenvalue weighted by molar-refractivity contribution is 5.30. The van der Waals surface area contributed by atoms with Crippen LogP contribution in [0.4, 0.5) is 0 Å².